The molecule has 0 aliphatic heterocycles. The first-order valence-corrected chi connectivity index (χ1v) is 27.1. The Bertz CT molecular complexity index is 4160. The summed E-state index contributed by atoms with van der Waals surface area (Å²) in [7, 11) is 0. The van der Waals surface area contributed by atoms with Gasteiger partial charge in [0.15, 0.2) is 34.9 Å². The number of aryl methyl sites for hydroxylation is 8. The SMILES string of the molecule is Cc1ccc(-c2nc(-c3ccc(C)cc3)nc(-c3cc(-c4ccc5c(c4)C(c4ccc(C)cc4)(c4ccc(C)cc4)c4cc(C)ccc4-5)cc4c(-c5nc(-c6ccc(C)cc6)nc(-c6ccc(C)cc6)n5)cc(C)cc34)n2)cc1. The molecule has 2 aromatic heterocycles. The molecule has 0 saturated carbocycles. The molecule has 0 spiro atoms. The number of fused-ring (bicyclic) bond motifs is 4. The Kier molecular flexibility index (Phi) is 12.1. The third kappa shape index (κ3) is 8.89. The fraction of sp³-hybridized carbons (Fsp3) is 0.123. The van der Waals surface area contributed by atoms with Crippen LogP contribution in [0.15, 0.2) is 206 Å². The van der Waals surface area contributed by atoms with E-state index in [-0.39, 0.29) is 0 Å². The summed E-state index contributed by atoms with van der Waals surface area (Å²) in [6.45, 7) is 17.1. The minimum atomic E-state index is -0.611. The molecule has 0 saturated heterocycles. The normalized spacial score (nSPS) is 12.4. The van der Waals surface area contributed by atoms with Crippen LogP contribution in [0.5, 0.6) is 0 Å². The van der Waals surface area contributed by atoms with Crippen LogP contribution in [0.4, 0.5) is 0 Å². The summed E-state index contributed by atoms with van der Waals surface area (Å²) in [5.41, 5.74) is 23.6. The standard InChI is InChI=1S/C73H58N6/c1-43-9-22-51(23-10-43)67-74-68(52-24-11-44(2)12-25-52)77-71(76-67)63-38-50(8)37-61-62(63)40-56(41-64(61)72-78-69(53-26-13-45(3)14-27-53)75-70(79-72)54-28-15-46(4)16-29-54)55-30-36-60-59-35-21-49(7)39-65(59)73(66(60)42-55,57-31-17-47(5)18-32-57)58-33-19-48(6)20-34-58/h9-42H,1-8H3. The van der Waals surface area contributed by atoms with Crippen LogP contribution in [0.2, 0.25) is 0 Å². The summed E-state index contributed by atoms with van der Waals surface area (Å²) in [6, 6.07) is 75.1. The van der Waals surface area contributed by atoms with Gasteiger partial charge < -0.3 is 0 Å². The molecule has 0 radical (unpaired) electrons. The van der Waals surface area contributed by atoms with Crippen molar-refractivity contribution in [1.82, 2.24) is 29.9 Å². The van der Waals surface area contributed by atoms with Crippen LogP contribution in [0.25, 0.3) is 101 Å². The van der Waals surface area contributed by atoms with E-state index in [4.69, 9.17) is 29.9 Å². The van der Waals surface area contributed by atoms with Crippen LogP contribution in [0.3, 0.4) is 0 Å². The highest BCUT2D eigenvalue weighted by Gasteiger charge is 2.46. The Morgan fingerprint density at radius 2 is 0.532 bits per heavy atom. The highest BCUT2D eigenvalue weighted by Crippen LogP contribution is 2.57. The Morgan fingerprint density at radius 1 is 0.215 bits per heavy atom. The first-order valence-electron chi connectivity index (χ1n) is 27.1. The van der Waals surface area contributed by atoms with Gasteiger partial charge >= 0.3 is 0 Å². The predicted molar refractivity (Wildman–Crippen MR) is 324 cm³/mol. The molecule has 13 rings (SSSR count). The smallest absolute Gasteiger partial charge is 0.164 e. The van der Waals surface area contributed by atoms with Gasteiger partial charge in [0.05, 0.1) is 5.41 Å². The molecule has 0 unspecified atom stereocenters. The molecule has 2 heterocycles. The molecule has 0 N–H and O–H groups in total. The molecule has 1 aliphatic rings. The minimum Gasteiger partial charge on any atom is -0.208 e. The maximum atomic E-state index is 5.43. The minimum absolute atomic E-state index is 0.568. The van der Waals surface area contributed by atoms with Crippen molar-refractivity contribution >= 4 is 10.8 Å². The fourth-order valence-corrected chi connectivity index (χ4v) is 11.5. The zero-order chi connectivity index (χ0) is 54.1. The number of hydrogen-bond donors (Lipinski definition) is 0. The Hall–Kier alpha value is -9.52. The molecule has 6 nitrogen and oxygen atoms in total. The van der Waals surface area contributed by atoms with E-state index in [0.29, 0.717) is 34.9 Å². The lowest BCUT2D eigenvalue weighted by Crippen LogP contribution is -2.28. The lowest BCUT2D eigenvalue weighted by Gasteiger charge is -2.34. The van der Waals surface area contributed by atoms with E-state index >= 15 is 0 Å². The molecule has 12 aromatic rings. The third-order valence-corrected chi connectivity index (χ3v) is 15.8. The van der Waals surface area contributed by atoms with Crippen molar-refractivity contribution in [2.75, 3.05) is 0 Å². The highest BCUT2D eigenvalue weighted by molar-refractivity contribution is 6.06. The van der Waals surface area contributed by atoms with Gasteiger partial charge in [-0.15, -0.1) is 0 Å². The molecule has 0 atom stereocenters. The van der Waals surface area contributed by atoms with Crippen molar-refractivity contribution in [2.24, 2.45) is 0 Å². The van der Waals surface area contributed by atoms with Crippen molar-refractivity contribution < 1.29 is 0 Å². The van der Waals surface area contributed by atoms with Crippen molar-refractivity contribution in [1.29, 1.82) is 0 Å². The first kappa shape index (κ1) is 49.1. The summed E-state index contributed by atoms with van der Waals surface area (Å²) >= 11 is 0. The molecule has 1 aliphatic carbocycles. The van der Waals surface area contributed by atoms with Crippen LogP contribution >= 0.6 is 0 Å². The second kappa shape index (κ2) is 19.5. The van der Waals surface area contributed by atoms with Gasteiger partial charge in [-0.2, -0.15) is 0 Å². The van der Waals surface area contributed by atoms with Crippen LogP contribution in [-0.4, -0.2) is 29.9 Å². The van der Waals surface area contributed by atoms with Gasteiger partial charge in [0.2, 0.25) is 0 Å². The van der Waals surface area contributed by atoms with E-state index in [1.807, 2.05) is 0 Å². The van der Waals surface area contributed by atoms with Crippen molar-refractivity contribution in [3.63, 3.8) is 0 Å². The largest absolute Gasteiger partial charge is 0.208 e. The summed E-state index contributed by atoms with van der Waals surface area (Å²) in [4.78, 5) is 32.0. The van der Waals surface area contributed by atoms with E-state index in [2.05, 4.69) is 262 Å². The highest BCUT2D eigenvalue weighted by atomic mass is 15.0. The summed E-state index contributed by atoms with van der Waals surface area (Å²) in [5.74, 6) is 3.55. The van der Waals surface area contributed by atoms with Gasteiger partial charge in [0, 0.05) is 33.4 Å². The van der Waals surface area contributed by atoms with Gasteiger partial charge in [-0.1, -0.05) is 221 Å². The average molecular weight is 1020 g/mol. The van der Waals surface area contributed by atoms with Gasteiger partial charge in [-0.3, -0.25) is 0 Å². The Labute approximate surface area is 462 Å². The molecule has 0 amide bonds. The predicted octanol–water partition coefficient (Wildman–Crippen LogP) is 17.7. The molecular formula is C73H58N6. The second-order valence-electron chi connectivity index (χ2n) is 21.8. The van der Waals surface area contributed by atoms with Gasteiger partial charge in [0.1, 0.15) is 0 Å². The van der Waals surface area contributed by atoms with Gasteiger partial charge in [-0.25, -0.2) is 29.9 Å². The van der Waals surface area contributed by atoms with Gasteiger partial charge in [-0.05, 0) is 140 Å². The summed E-state index contributed by atoms with van der Waals surface area (Å²) < 4.78 is 0. The zero-order valence-corrected chi connectivity index (χ0v) is 45.8. The topological polar surface area (TPSA) is 77.3 Å². The number of aromatic nitrogens is 6. The maximum Gasteiger partial charge on any atom is 0.164 e. The van der Waals surface area contributed by atoms with Crippen LogP contribution in [0, 0.1) is 55.4 Å². The zero-order valence-electron chi connectivity index (χ0n) is 45.8. The molecule has 79 heavy (non-hydrogen) atoms. The fourth-order valence-electron chi connectivity index (χ4n) is 11.5. The lowest BCUT2D eigenvalue weighted by atomic mass is 9.67. The average Bonchev–Trinajstić information content (AvgIpc) is 3.31. The number of rotatable bonds is 9. The molecular weight excluding hydrogens is 961 g/mol. The van der Waals surface area contributed by atoms with Crippen molar-refractivity contribution in [3.8, 4) is 90.6 Å². The molecule has 10 aromatic carbocycles. The Balaban J connectivity index is 1.12. The van der Waals surface area contributed by atoms with Crippen LogP contribution < -0.4 is 0 Å². The van der Waals surface area contributed by atoms with Crippen molar-refractivity contribution in [3.05, 3.63) is 273 Å². The number of hydrogen-bond acceptors (Lipinski definition) is 6. The summed E-state index contributed by atoms with van der Waals surface area (Å²) in [5, 5.41) is 1.94. The first-order chi connectivity index (χ1) is 38.3. The molecule has 0 bridgehead atoms. The van der Waals surface area contributed by atoms with Crippen molar-refractivity contribution in [2.45, 2.75) is 60.8 Å². The molecule has 380 valence electrons. The van der Waals surface area contributed by atoms with E-state index in [1.165, 1.54) is 50.1 Å². The maximum absolute atomic E-state index is 5.43. The quantitative estimate of drug-likeness (QED) is 0.143. The summed E-state index contributed by atoms with van der Waals surface area (Å²) in [6.07, 6.45) is 0. The van der Waals surface area contributed by atoms with Gasteiger partial charge in [0.25, 0.3) is 0 Å². The number of nitrogens with zero attached hydrogens (tertiary/aromatic N) is 6. The van der Waals surface area contributed by atoms with Crippen LogP contribution in [0.1, 0.15) is 66.8 Å². The van der Waals surface area contributed by atoms with E-state index in [1.54, 1.807) is 0 Å². The van der Waals surface area contributed by atoms with E-state index in [0.717, 1.165) is 83.1 Å². The molecule has 6 heteroatoms. The second-order valence-corrected chi connectivity index (χ2v) is 21.8. The van der Waals surface area contributed by atoms with E-state index in [9.17, 15) is 0 Å². The monoisotopic (exact) mass is 1020 g/mol. The third-order valence-electron chi connectivity index (χ3n) is 15.8. The molecule has 0 fully saturated rings. The van der Waals surface area contributed by atoms with Crippen LogP contribution in [-0.2, 0) is 5.41 Å². The number of benzene rings is 10. The lowest BCUT2D eigenvalue weighted by molar-refractivity contribution is 0.767. The Morgan fingerprint density at radius 3 is 0.949 bits per heavy atom. The van der Waals surface area contributed by atoms with E-state index < -0.39 is 5.41 Å².